The largest absolute Gasteiger partial charge is 0.444 e. The highest BCUT2D eigenvalue weighted by Crippen LogP contribution is 2.29. The molecule has 1 saturated heterocycles. The molecule has 5 heteroatoms. The highest BCUT2D eigenvalue weighted by molar-refractivity contribution is 6.30. The second-order valence-electron chi connectivity index (χ2n) is 5.43. The monoisotopic (exact) mass is 295 g/mol. The predicted molar refractivity (Wildman–Crippen MR) is 77.8 cm³/mol. The van der Waals surface area contributed by atoms with Crippen LogP contribution in [0.15, 0.2) is 28.7 Å². The van der Waals surface area contributed by atoms with Crippen LogP contribution in [-0.4, -0.2) is 25.0 Å². The highest BCUT2D eigenvalue weighted by Gasteiger charge is 2.32. The molecule has 0 saturated carbocycles. The van der Waals surface area contributed by atoms with Crippen molar-refractivity contribution in [1.82, 2.24) is 5.32 Å². The van der Waals surface area contributed by atoms with Gasteiger partial charge in [0.2, 0.25) is 0 Å². The van der Waals surface area contributed by atoms with Gasteiger partial charge in [-0.2, -0.15) is 0 Å². The Kier molecular flexibility index (Phi) is 3.73. The molecule has 4 nitrogen and oxygen atoms in total. The summed E-state index contributed by atoms with van der Waals surface area (Å²) in [6.45, 7) is 5.83. The van der Waals surface area contributed by atoms with Gasteiger partial charge >= 0.3 is 0 Å². The van der Waals surface area contributed by atoms with Crippen molar-refractivity contribution in [1.29, 1.82) is 0 Å². The van der Waals surface area contributed by atoms with Crippen LogP contribution < -0.4 is 5.32 Å². The number of para-hydroxylation sites is 1. The Morgan fingerprint density at radius 3 is 2.90 bits per heavy atom. The lowest BCUT2D eigenvalue weighted by molar-refractivity contribution is -0.137. The van der Waals surface area contributed by atoms with Crippen molar-refractivity contribution in [3.05, 3.63) is 35.0 Å². The normalized spacial score (nSPS) is 21.6. The Morgan fingerprint density at radius 1 is 1.35 bits per heavy atom. The van der Waals surface area contributed by atoms with Crippen molar-refractivity contribution < 1.29 is 13.9 Å². The third kappa shape index (κ3) is 2.83. The maximum absolute atomic E-state index is 6.15. The van der Waals surface area contributed by atoms with Gasteiger partial charge in [0.05, 0.1) is 12.7 Å². The summed E-state index contributed by atoms with van der Waals surface area (Å²) in [5, 5.41) is 4.85. The second-order valence-corrected chi connectivity index (χ2v) is 5.78. The number of rotatable bonds is 4. The maximum Gasteiger partial charge on any atom is 0.199 e. The quantitative estimate of drug-likeness (QED) is 0.939. The van der Waals surface area contributed by atoms with Crippen LogP contribution in [0.2, 0.25) is 5.22 Å². The molecule has 1 aliphatic heterocycles. The molecule has 1 unspecified atom stereocenters. The summed E-state index contributed by atoms with van der Waals surface area (Å²) in [6.07, 6.45) is 0.0712. The summed E-state index contributed by atoms with van der Waals surface area (Å²) < 4.78 is 16.8. The fraction of sp³-hybridized carbons (Fsp3) is 0.467. The van der Waals surface area contributed by atoms with Crippen molar-refractivity contribution >= 4 is 22.6 Å². The van der Waals surface area contributed by atoms with Crippen LogP contribution >= 0.6 is 11.6 Å². The molecule has 1 N–H and O–H groups in total. The van der Waals surface area contributed by atoms with E-state index in [1.54, 1.807) is 0 Å². The minimum absolute atomic E-state index is 0.0712. The molecular weight excluding hydrogens is 278 g/mol. The van der Waals surface area contributed by atoms with Crippen LogP contribution in [0.25, 0.3) is 11.0 Å². The molecule has 108 valence electrons. The summed E-state index contributed by atoms with van der Waals surface area (Å²) in [5.41, 5.74) is 1.80. The van der Waals surface area contributed by atoms with Crippen molar-refractivity contribution in [2.24, 2.45) is 0 Å². The Balaban J connectivity index is 1.62. The summed E-state index contributed by atoms with van der Waals surface area (Å²) in [4.78, 5) is 0. The Morgan fingerprint density at radius 2 is 2.15 bits per heavy atom. The number of benzene rings is 1. The van der Waals surface area contributed by atoms with Crippen molar-refractivity contribution in [2.75, 3.05) is 13.2 Å². The lowest BCUT2D eigenvalue weighted by atomic mass is 10.2. The number of hydrogen-bond donors (Lipinski definition) is 1. The average Bonchev–Trinajstić information content (AvgIpc) is 2.90. The summed E-state index contributed by atoms with van der Waals surface area (Å²) >= 11 is 6.15. The van der Waals surface area contributed by atoms with Crippen LogP contribution in [0.5, 0.6) is 0 Å². The molecule has 3 rings (SSSR count). The van der Waals surface area contributed by atoms with E-state index in [-0.39, 0.29) is 6.10 Å². The number of fused-ring (bicyclic) bond motifs is 1. The molecule has 1 fully saturated rings. The van der Waals surface area contributed by atoms with Crippen LogP contribution in [0.3, 0.4) is 0 Å². The number of halogens is 1. The van der Waals surface area contributed by atoms with E-state index in [9.17, 15) is 0 Å². The van der Waals surface area contributed by atoms with E-state index in [1.807, 2.05) is 38.1 Å². The lowest BCUT2D eigenvalue weighted by Gasteiger charge is -2.17. The predicted octanol–water partition coefficient (Wildman–Crippen LogP) is 3.33. The molecule has 1 aliphatic rings. The molecule has 1 aromatic heterocycles. The molecule has 1 aromatic carbocycles. The second kappa shape index (κ2) is 5.37. The van der Waals surface area contributed by atoms with Gasteiger partial charge in [-0.15, -0.1) is 0 Å². The van der Waals surface area contributed by atoms with Gasteiger partial charge < -0.3 is 19.2 Å². The molecule has 0 aliphatic carbocycles. The van der Waals surface area contributed by atoms with Crippen molar-refractivity contribution in [3.63, 3.8) is 0 Å². The fourth-order valence-electron chi connectivity index (χ4n) is 2.46. The number of ether oxygens (including phenoxy) is 2. The van der Waals surface area contributed by atoms with Gasteiger partial charge in [-0.05, 0) is 31.5 Å². The first kappa shape index (κ1) is 13.9. The molecule has 2 heterocycles. The average molecular weight is 296 g/mol. The Hall–Kier alpha value is -1.07. The van der Waals surface area contributed by atoms with E-state index in [2.05, 4.69) is 5.32 Å². The number of furan rings is 1. The van der Waals surface area contributed by atoms with Crippen molar-refractivity contribution in [2.45, 2.75) is 32.3 Å². The smallest absolute Gasteiger partial charge is 0.199 e. The van der Waals surface area contributed by atoms with Gasteiger partial charge in [-0.3, -0.25) is 0 Å². The van der Waals surface area contributed by atoms with Crippen LogP contribution in [0.1, 0.15) is 19.4 Å². The first-order valence-corrected chi connectivity index (χ1v) is 7.11. The van der Waals surface area contributed by atoms with E-state index in [4.69, 9.17) is 25.5 Å². The van der Waals surface area contributed by atoms with Gasteiger partial charge in [0.15, 0.2) is 11.0 Å². The standard InChI is InChI=1S/C15H18ClNO3/c1-15(2)18-9-10(20-15)7-17-8-12-11-5-3-4-6-13(11)19-14(12)16/h3-6,10,17H,7-9H2,1-2H3. The molecule has 0 amide bonds. The van der Waals surface area contributed by atoms with Gasteiger partial charge in [-0.1, -0.05) is 18.2 Å². The maximum atomic E-state index is 6.15. The molecule has 2 aromatic rings. The van der Waals surface area contributed by atoms with E-state index < -0.39 is 5.79 Å². The minimum atomic E-state index is -0.480. The zero-order valence-corrected chi connectivity index (χ0v) is 12.4. The summed E-state index contributed by atoms with van der Waals surface area (Å²) in [7, 11) is 0. The third-order valence-corrected chi connectivity index (χ3v) is 3.70. The highest BCUT2D eigenvalue weighted by atomic mass is 35.5. The van der Waals surface area contributed by atoms with E-state index in [1.165, 1.54) is 0 Å². The zero-order valence-electron chi connectivity index (χ0n) is 11.6. The molecule has 1 atom stereocenters. The zero-order chi connectivity index (χ0) is 14.2. The SMILES string of the molecule is CC1(C)OCC(CNCc2c(Cl)oc3ccccc23)O1. The topological polar surface area (TPSA) is 43.6 Å². The van der Waals surface area contributed by atoms with Gasteiger partial charge in [0, 0.05) is 24.0 Å². The van der Waals surface area contributed by atoms with Gasteiger partial charge in [0.25, 0.3) is 0 Å². The molecular formula is C15H18ClNO3. The molecule has 20 heavy (non-hydrogen) atoms. The molecule has 0 spiro atoms. The third-order valence-electron chi connectivity index (χ3n) is 3.39. The minimum Gasteiger partial charge on any atom is -0.444 e. The van der Waals surface area contributed by atoms with Crippen LogP contribution in [0.4, 0.5) is 0 Å². The summed E-state index contributed by atoms with van der Waals surface area (Å²) in [5.74, 6) is -0.480. The molecule has 0 radical (unpaired) electrons. The van der Waals surface area contributed by atoms with Gasteiger partial charge in [0.1, 0.15) is 5.58 Å². The van der Waals surface area contributed by atoms with Crippen molar-refractivity contribution in [3.8, 4) is 0 Å². The number of nitrogens with one attached hydrogen (secondary N) is 1. The first-order valence-electron chi connectivity index (χ1n) is 6.73. The molecule has 0 bridgehead atoms. The fourth-order valence-corrected chi connectivity index (χ4v) is 2.71. The lowest BCUT2D eigenvalue weighted by Crippen LogP contribution is -2.30. The Bertz CT molecular complexity index is 608. The number of hydrogen-bond acceptors (Lipinski definition) is 4. The van der Waals surface area contributed by atoms with E-state index in [0.717, 1.165) is 23.1 Å². The van der Waals surface area contributed by atoms with Crippen LogP contribution in [0, 0.1) is 0 Å². The van der Waals surface area contributed by atoms with Crippen LogP contribution in [-0.2, 0) is 16.0 Å². The van der Waals surface area contributed by atoms with E-state index in [0.29, 0.717) is 18.4 Å². The van der Waals surface area contributed by atoms with Gasteiger partial charge in [-0.25, -0.2) is 0 Å². The first-order chi connectivity index (χ1) is 9.55. The summed E-state index contributed by atoms with van der Waals surface area (Å²) in [6, 6.07) is 7.85. The van der Waals surface area contributed by atoms with E-state index >= 15 is 0 Å². The Labute approximate surface area is 123 Å².